The van der Waals surface area contributed by atoms with Crippen LogP contribution in [0.15, 0.2) is 42.6 Å². The highest BCUT2D eigenvalue weighted by Crippen LogP contribution is 2.14. The van der Waals surface area contributed by atoms with E-state index in [0.717, 1.165) is 17.0 Å². The molecule has 0 amide bonds. The summed E-state index contributed by atoms with van der Waals surface area (Å²) in [6.07, 6.45) is 2.27. The quantitative estimate of drug-likeness (QED) is 0.710. The molecule has 3 nitrogen and oxygen atoms in total. The standard InChI is InChI=1S/C13H9ClFN3/c14-10-4-5-12-16-17-13(18(12)8-10)7-9-2-1-3-11(15)6-9/h1-6,8H,7H2. The maximum Gasteiger partial charge on any atom is 0.160 e. The molecule has 0 atom stereocenters. The van der Waals surface area contributed by atoms with E-state index in [4.69, 9.17) is 11.6 Å². The summed E-state index contributed by atoms with van der Waals surface area (Å²) < 4.78 is 14.9. The average Bonchev–Trinajstić information content (AvgIpc) is 2.72. The minimum atomic E-state index is -0.251. The summed E-state index contributed by atoms with van der Waals surface area (Å²) in [5.74, 6) is 0.484. The van der Waals surface area contributed by atoms with Crippen molar-refractivity contribution in [3.8, 4) is 0 Å². The summed E-state index contributed by atoms with van der Waals surface area (Å²) in [6, 6.07) is 10.0. The largest absolute Gasteiger partial charge is 0.285 e. The summed E-state index contributed by atoms with van der Waals surface area (Å²) in [4.78, 5) is 0. The Bertz CT molecular complexity index is 708. The van der Waals surface area contributed by atoms with Crippen molar-refractivity contribution in [3.05, 3.63) is 64.8 Å². The number of aromatic nitrogens is 3. The highest BCUT2D eigenvalue weighted by molar-refractivity contribution is 6.30. The van der Waals surface area contributed by atoms with E-state index < -0.39 is 0 Å². The number of rotatable bonds is 2. The first-order valence-corrected chi connectivity index (χ1v) is 5.84. The van der Waals surface area contributed by atoms with Crippen LogP contribution in [0, 0.1) is 5.82 Å². The lowest BCUT2D eigenvalue weighted by atomic mass is 10.1. The van der Waals surface area contributed by atoms with Crippen molar-refractivity contribution in [2.45, 2.75) is 6.42 Å². The van der Waals surface area contributed by atoms with E-state index in [1.54, 1.807) is 24.4 Å². The monoisotopic (exact) mass is 261 g/mol. The average molecular weight is 262 g/mol. The van der Waals surface area contributed by atoms with Crippen LogP contribution >= 0.6 is 11.6 Å². The number of nitrogens with zero attached hydrogens (tertiary/aromatic N) is 3. The first-order chi connectivity index (χ1) is 8.72. The van der Waals surface area contributed by atoms with Crippen LogP contribution in [0.4, 0.5) is 4.39 Å². The molecule has 0 fully saturated rings. The lowest BCUT2D eigenvalue weighted by molar-refractivity contribution is 0.625. The van der Waals surface area contributed by atoms with E-state index in [-0.39, 0.29) is 5.82 Å². The van der Waals surface area contributed by atoms with Gasteiger partial charge in [-0.25, -0.2) is 4.39 Å². The maximum absolute atomic E-state index is 13.1. The highest BCUT2D eigenvalue weighted by Gasteiger charge is 2.07. The van der Waals surface area contributed by atoms with Crippen molar-refractivity contribution in [1.29, 1.82) is 0 Å². The molecule has 0 aliphatic carbocycles. The van der Waals surface area contributed by atoms with Crippen LogP contribution in [0.2, 0.25) is 5.02 Å². The van der Waals surface area contributed by atoms with Gasteiger partial charge in [-0.15, -0.1) is 10.2 Å². The molecule has 0 aliphatic rings. The third kappa shape index (κ3) is 2.07. The van der Waals surface area contributed by atoms with Gasteiger partial charge in [0.25, 0.3) is 0 Å². The molecule has 0 saturated heterocycles. The van der Waals surface area contributed by atoms with Gasteiger partial charge in [-0.3, -0.25) is 4.40 Å². The first-order valence-electron chi connectivity index (χ1n) is 5.46. The third-order valence-corrected chi connectivity index (χ3v) is 2.91. The molecule has 0 bridgehead atoms. The van der Waals surface area contributed by atoms with Gasteiger partial charge in [0.05, 0.1) is 5.02 Å². The van der Waals surface area contributed by atoms with E-state index in [2.05, 4.69) is 10.2 Å². The number of halogens is 2. The van der Waals surface area contributed by atoms with E-state index in [1.165, 1.54) is 12.1 Å². The van der Waals surface area contributed by atoms with Gasteiger partial charge in [0, 0.05) is 12.6 Å². The molecule has 0 spiro atoms. The van der Waals surface area contributed by atoms with Crippen molar-refractivity contribution in [2.24, 2.45) is 0 Å². The highest BCUT2D eigenvalue weighted by atomic mass is 35.5. The van der Waals surface area contributed by atoms with Crippen LogP contribution in [0.25, 0.3) is 5.65 Å². The zero-order valence-corrected chi connectivity index (χ0v) is 10.1. The SMILES string of the molecule is Fc1cccc(Cc2nnc3ccc(Cl)cn23)c1. The van der Waals surface area contributed by atoms with Crippen LogP contribution in [-0.4, -0.2) is 14.6 Å². The zero-order chi connectivity index (χ0) is 12.5. The van der Waals surface area contributed by atoms with Gasteiger partial charge in [0.1, 0.15) is 11.6 Å². The first kappa shape index (κ1) is 11.2. The number of fused-ring (bicyclic) bond motifs is 1. The smallest absolute Gasteiger partial charge is 0.160 e. The topological polar surface area (TPSA) is 30.2 Å². The Kier molecular flexibility index (Phi) is 2.72. The van der Waals surface area contributed by atoms with Crippen molar-refractivity contribution in [1.82, 2.24) is 14.6 Å². The van der Waals surface area contributed by atoms with E-state index in [1.807, 2.05) is 10.5 Å². The fourth-order valence-electron chi connectivity index (χ4n) is 1.86. The summed E-state index contributed by atoms with van der Waals surface area (Å²) in [5.41, 5.74) is 1.58. The molecule has 5 heteroatoms. The van der Waals surface area contributed by atoms with Gasteiger partial charge >= 0.3 is 0 Å². The van der Waals surface area contributed by atoms with Gasteiger partial charge in [-0.05, 0) is 29.8 Å². The molecule has 0 aliphatic heterocycles. The summed E-state index contributed by atoms with van der Waals surface area (Å²) in [5, 5.41) is 8.75. The molecular formula is C13H9ClFN3. The molecule has 0 radical (unpaired) electrons. The minimum Gasteiger partial charge on any atom is -0.285 e. The van der Waals surface area contributed by atoms with Crippen molar-refractivity contribution >= 4 is 17.2 Å². The molecule has 2 aromatic heterocycles. The van der Waals surface area contributed by atoms with Gasteiger partial charge < -0.3 is 0 Å². The van der Waals surface area contributed by atoms with Crippen molar-refractivity contribution in [2.75, 3.05) is 0 Å². The number of pyridine rings is 1. The van der Waals surface area contributed by atoms with E-state index in [9.17, 15) is 4.39 Å². The van der Waals surface area contributed by atoms with Gasteiger partial charge in [0.15, 0.2) is 5.65 Å². The molecule has 0 saturated carbocycles. The van der Waals surface area contributed by atoms with Gasteiger partial charge in [-0.1, -0.05) is 23.7 Å². The Labute approximate surface area is 108 Å². The maximum atomic E-state index is 13.1. The molecule has 18 heavy (non-hydrogen) atoms. The number of hydrogen-bond acceptors (Lipinski definition) is 2. The van der Waals surface area contributed by atoms with Crippen LogP contribution in [0.1, 0.15) is 11.4 Å². The Morgan fingerprint density at radius 1 is 1.17 bits per heavy atom. The lowest BCUT2D eigenvalue weighted by Gasteiger charge is -2.01. The Balaban J connectivity index is 2.02. The van der Waals surface area contributed by atoms with Crippen LogP contribution in [-0.2, 0) is 6.42 Å². The van der Waals surface area contributed by atoms with Gasteiger partial charge in [0.2, 0.25) is 0 Å². The molecule has 2 heterocycles. The molecule has 90 valence electrons. The Hall–Kier alpha value is -1.94. The van der Waals surface area contributed by atoms with Crippen molar-refractivity contribution < 1.29 is 4.39 Å². The predicted octanol–water partition coefficient (Wildman–Crippen LogP) is 3.11. The zero-order valence-electron chi connectivity index (χ0n) is 9.35. The number of benzene rings is 1. The molecule has 3 rings (SSSR count). The fraction of sp³-hybridized carbons (Fsp3) is 0.0769. The lowest BCUT2D eigenvalue weighted by Crippen LogP contribution is -1.96. The summed E-state index contributed by atoms with van der Waals surface area (Å²) in [6.45, 7) is 0. The molecule has 0 unspecified atom stereocenters. The Morgan fingerprint density at radius 2 is 2.06 bits per heavy atom. The third-order valence-electron chi connectivity index (χ3n) is 2.69. The van der Waals surface area contributed by atoms with E-state index >= 15 is 0 Å². The molecule has 3 aromatic rings. The summed E-state index contributed by atoms with van der Waals surface area (Å²) >= 11 is 5.94. The molecular weight excluding hydrogens is 253 g/mol. The normalized spacial score (nSPS) is 11.0. The Morgan fingerprint density at radius 3 is 2.89 bits per heavy atom. The van der Waals surface area contributed by atoms with Crippen LogP contribution in [0.3, 0.4) is 0 Å². The second-order valence-electron chi connectivity index (χ2n) is 4.00. The van der Waals surface area contributed by atoms with E-state index in [0.29, 0.717) is 11.4 Å². The predicted molar refractivity (Wildman–Crippen MR) is 67.2 cm³/mol. The minimum absolute atomic E-state index is 0.251. The van der Waals surface area contributed by atoms with Gasteiger partial charge in [-0.2, -0.15) is 0 Å². The van der Waals surface area contributed by atoms with Crippen LogP contribution < -0.4 is 0 Å². The fourth-order valence-corrected chi connectivity index (χ4v) is 2.02. The second-order valence-corrected chi connectivity index (χ2v) is 4.43. The number of hydrogen-bond donors (Lipinski definition) is 0. The van der Waals surface area contributed by atoms with Crippen molar-refractivity contribution in [3.63, 3.8) is 0 Å². The van der Waals surface area contributed by atoms with Crippen LogP contribution in [0.5, 0.6) is 0 Å². The molecule has 1 aromatic carbocycles. The molecule has 0 N–H and O–H groups in total. The second kappa shape index (κ2) is 4.38. The summed E-state index contributed by atoms with van der Waals surface area (Å²) in [7, 11) is 0.